The summed E-state index contributed by atoms with van der Waals surface area (Å²) in [5.74, 6) is -1.39. The van der Waals surface area contributed by atoms with Gasteiger partial charge in [0.05, 0.1) is 23.9 Å². The second kappa shape index (κ2) is 14.3. The van der Waals surface area contributed by atoms with Crippen molar-refractivity contribution < 1.29 is 54.0 Å². The molecule has 1 unspecified atom stereocenters. The van der Waals surface area contributed by atoms with Crippen molar-refractivity contribution in [1.29, 1.82) is 0 Å². The van der Waals surface area contributed by atoms with Crippen molar-refractivity contribution in [2.24, 2.45) is 0 Å². The van der Waals surface area contributed by atoms with Crippen LogP contribution in [0.3, 0.4) is 0 Å². The summed E-state index contributed by atoms with van der Waals surface area (Å²) in [5, 5.41) is 28.5. The van der Waals surface area contributed by atoms with Crippen molar-refractivity contribution in [3.63, 3.8) is 0 Å². The maximum absolute atomic E-state index is 12.3. The van der Waals surface area contributed by atoms with Crippen molar-refractivity contribution in [1.82, 2.24) is 15.6 Å². The topological polar surface area (TPSA) is 164 Å². The summed E-state index contributed by atoms with van der Waals surface area (Å²) in [6.45, 7) is 3.71. The third-order valence-electron chi connectivity index (χ3n) is 4.79. The van der Waals surface area contributed by atoms with Gasteiger partial charge in [-0.2, -0.15) is 0 Å². The summed E-state index contributed by atoms with van der Waals surface area (Å²) in [7, 11) is 0. The van der Waals surface area contributed by atoms with E-state index in [1.165, 1.54) is 18.2 Å². The van der Waals surface area contributed by atoms with Crippen LogP contribution < -0.4 is 45.5 Å². The number of carboxylic acids is 1. The molecule has 0 saturated heterocycles. The number of carbonyl (C=O) groups is 3. The number of carboxylic acid groups (broad SMARTS) is 1. The molecule has 176 valence electrons. The number of amides is 2. The maximum atomic E-state index is 12.3. The number of anilines is 1. The van der Waals surface area contributed by atoms with Crippen molar-refractivity contribution in [3.05, 3.63) is 63.3 Å². The third-order valence-corrected chi connectivity index (χ3v) is 4.79. The molecule has 12 heteroatoms. The molecular weight excluding hydrogens is 453 g/mol. The van der Waals surface area contributed by atoms with E-state index in [1.807, 2.05) is 19.1 Å². The summed E-state index contributed by atoms with van der Waals surface area (Å²) in [4.78, 5) is 50.3. The van der Waals surface area contributed by atoms with Gasteiger partial charge in [-0.1, -0.05) is 12.1 Å². The van der Waals surface area contributed by atoms with Crippen LogP contribution in [0.15, 0.2) is 36.5 Å². The Bertz CT molecular complexity index is 1030. The first-order valence-electron chi connectivity index (χ1n) is 10.3. The molecule has 0 bridgehead atoms. The largest absolute Gasteiger partial charge is 1.00 e. The van der Waals surface area contributed by atoms with Crippen LogP contribution in [-0.4, -0.2) is 45.9 Å². The molecule has 2 amide bonds. The van der Waals surface area contributed by atoms with Gasteiger partial charge in [-0.3, -0.25) is 24.5 Å². The molecule has 1 heterocycles. The Morgan fingerprint density at radius 3 is 2.53 bits per heavy atom. The summed E-state index contributed by atoms with van der Waals surface area (Å²) >= 11 is 0. The second-order valence-corrected chi connectivity index (χ2v) is 7.55. The molecule has 0 aliphatic heterocycles. The number of pyridine rings is 1. The van der Waals surface area contributed by atoms with Crippen molar-refractivity contribution in [2.45, 2.75) is 39.2 Å². The number of nitro groups is 1. The number of rotatable bonds is 12. The Hall–Kier alpha value is -3.02. The van der Waals surface area contributed by atoms with Gasteiger partial charge in [0, 0.05) is 30.8 Å². The van der Waals surface area contributed by atoms with E-state index in [0.29, 0.717) is 24.1 Å². The fraction of sp³-hybridized carbons (Fsp3) is 0.364. The molecule has 0 spiro atoms. The molecule has 4 N–H and O–H groups in total. The van der Waals surface area contributed by atoms with Gasteiger partial charge in [0.2, 0.25) is 11.8 Å². The molecular formula is C22H27N5NaO6+. The number of hydrogen-bond donors (Lipinski definition) is 4. The van der Waals surface area contributed by atoms with Crippen LogP contribution in [0, 0.1) is 24.0 Å². The van der Waals surface area contributed by atoms with Crippen LogP contribution in [-0.2, 0) is 14.4 Å². The van der Waals surface area contributed by atoms with E-state index in [9.17, 15) is 24.5 Å². The van der Waals surface area contributed by atoms with E-state index in [4.69, 9.17) is 5.11 Å². The van der Waals surface area contributed by atoms with Crippen LogP contribution >= 0.6 is 0 Å². The van der Waals surface area contributed by atoms with Crippen molar-refractivity contribution >= 4 is 29.3 Å². The van der Waals surface area contributed by atoms with Crippen molar-refractivity contribution in [3.8, 4) is 0 Å². The van der Waals surface area contributed by atoms with E-state index < -0.39 is 29.3 Å². The number of benzene rings is 1. The SMILES string of the molecule is Cc1ccnc(NCCCC(=O)NCC(=O)NC(CC(=O)O)c2ccc(C)c([N+](=O)[O-])c2)c1.[Na+]. The first-order chi connectivity index (χ1) is 15.7. The van der Waals surface area contributed by atoms with E-state index in [1.54, 1.807) is 13.1 Å². The van der Waals surface area contributed by atoms with Crippen LogP contribution in [0.2, 0.25) is 0 Å². The monoisotopic (exact) mass is 480 g/mol. The van der Waals surface area contributed by atoms with Gasteiger partial charge >= 0.3 is 35.5 Å². The second-order valence-electron chi connectivity index (χ2n) is 7.55. The zero-order valence-corrected chi connectivity index (χ0v) is 21.5. The van der Waals surface area contributed by atoms with Gasteiger partial charge in [0.15, 0.2) is 0 Å². The first-order valence-corrected chi connectivity index (χ1v) is 10.3. The molecule has 0 saturated carbocycles. The molecule has 34 heavy (non-hydrogen) atoms. The minimum Gasteiger partial charge on any atom is -0.481 e. The predicted molar refractivity (Wildman–Crippen MR) is 121 cm³/mol. The normalized spacial score (nSPS) is 11.0. The van der Waals surface area contributed by atoms with Crippen LogP contribution in [0.1, 0.15) is 42.0 Å². The zero-order chi connectivity index (χ0) is 24.4. The third kappa shape index (κ3) is 9.86. The zero-order valence-electron chi connectivity index (χ0n) is 19.5. The van der Waals surface area contributed by atoms with E-state index >= 15 is 0 Å². The maximum Gasteiger partial charge on any atom is 1.00 e. The molecule has 11 nitrogen and oxygen atoms in total. The molecule has 1 aromatic carbocycles. The Morgan fingerprint density at radius 2 is 1.88 bits per heavy atom. The molecule has 1 atom stereocenters. The Kier molecular flexibility index (Phi) is 12.2. The van der Waals surface area contributed by atoms with Crippen LogP contribution in [0.25, 0.3) is 0 Å². The fourth-order valence-electron chi connectivity index (χ4n) is 3.08. The van der Waals surface area contributed by atoms with E-state index in [0.717, 1.165) is 11.4 Å². The summed E-state index contributed by atoms with van der Waals surface area (Å²) in [5.41, 5.74) is 1.62. The number of aryl methyl sites for hydroxylation is 2. The van der Waals surface area contributed by atoms with Gasteiger partial charge in [0.25, 0.3) is 5.69 Å². The quantitative estimate of drug-likeness (QED) is 0.133. The smallest absolute Gasteiger partial charge is 0.481 e. The number of aliphatic carboxylic acids is 1. The van der Waals surface area contributed by atoms with E-state index in [-0.39, 0.29) is 54.1 Å². The standard InChI is InChI=1S/C22H27N5O6.Na/c1-14-7-9-24-19(10-14)23-8-3-4-20(28)25-13-21(29)26-17(12-22(30)31)16-6-5-15(2)18(11-16)27(32)33;/h5-7,9-11,17H,3-4,8,12-13H2,1-2H3,(H,23,24)(H,25,28)(H,26,29)(H,30,31);/q;+1. The van der Waals surface area contributed by atoms with Gasteiger partial charge in [0.1, 0.15) is 5.82 Å². The van der Waals surface area contributed by atoms with Gasteiger partial charge in [-0.25, -0.2) is 4.98 Å². The number of nitrogens with zero attached hydrogens (tertiary/aromatic N) is 2. The van der Waals surface area contributed by atoms with Gasteiger partial charge in [-0.15, -0.1) is 0 Å². The number of aromatic nitrogens is 1. The number of hydrogen-bond acceptors (Lipinski definition) is 7. The van der Waals surface area contributed by atoms with Gasteiger partial charge in [-0.05, 0) is 43.5 Å². The molecule has 2 aromatic rings. The summed E-state index contributed by atoms with van der Waals surface area (Å²) < 4.78 is 0. The Labute approximate surface area is 219 Å². The molecule has 0 aliphatic rings. The number of nitro benzene ring substituents is 1. The average molecular weight is 480 g/mol. The van der Waals surface area contributed by atoms with Crippen molar-refractivity contribution in [2.75, 3.05) is 18.4 Å². The average Bonchev–Trinajstić information content (AvgIpc) is 2.75. The van der Waals surface area contributed by atoms with E-state index in [2.05, 4.69) is 20.9 Å². The first kappa shape index (κ1) is 29.0. The minimum atomic E-state index is -1.18. The fourth-order valence-corrected chi connectivity index (χ4v) is 3.08. The molecule has 0 radical (unpaired) electrons. The molecule has 0 fully saturated rings. The molecule has 1 aromatic heterocycles. The number of carbonyl (C=O) groups excluding carboxylic acids is 2. The van der Waals surface area contributed by atoms with Crippen LogP contribution in [0.4, 0.5) is 11.5 Å². The Balaban J connectivity index is 0.00000578. The van der Waals surface area contributed by atoms with Crippen LogP contribution in [0.5, 0.6) is 0 Å². The number of nitrogens with one attached hydrogen (secondary N) is 3. The Morgan fingerprint density at radius 1 is 1.15 bits per heavy atom. The van der Waals surface area contributed by atoms with Gasteiger partial charge < -0.3 is 21.1 Å². The summed E-state index contributed by atoms with van der Waals surface area (Å²) in [6, 6.07) is 7.07. The minimum absolute atomic E-state index is 0. The predicted octanol–water partition coefficient (Wildman–Crippen LogP) is -0.749. The summed E-state index contributed by atoms with van der Waals surface area (Å²) in [6.07, 6.45) is 1.94. The molecule has 2 rings (SSSR count). The molecule has 0 aliphatic carbocycles.